The number of carboxylic acids is 1. The van der Waals surface area contributed by atoms with Crippen molar-refractivity contribution in [3.63, 3.8) is 0 Å². The van der Waals surface area contributed by atoms with Gasteiger partial charge in [0.25, 0.3) is 0 Å². The number of rotatable bonds is 5. The molecule has 3 heterocycles. The van der Waals surface area contributed by atoms with Crippen molar-refractivity contribution in [2.75, 3.05) is 0 Å². The van der Waals surface area contributed by atoms with Crippen LogP contribution in [0.4, 0.5) is 0 Å². The van der Waals surface area contributed by atoms with Gasteiger partial charge in [0, 0.05) is 36.3 Å². The molecule has 1 N–H and O–H groups in total. The highest BCUT2D eigenvalue weighted by atomic mass is 32.1. The van der Waals surface area contributed by atoms with Gasteiger partial charge >= 0.3 is 5.97 Å². The molecule has 4 nitrogen and oxygen atoms in total. The lowest BCUT2D eigenvalue weighted by atomic mass is 9.88. The van der Waals surface area contributed by atoms with Gasteiger partial charge in [-0.05, 0) is 31.6 Å². The molecule has 2 bridgehead atoms. The van der Waals surface area contributed by atoms with Crippen LogP contribution in [-0.4, -0.2) is 33.0 Å². The average molecular weight is 308 g/mol. The lowest BCUT2D eigenvalue weighted by Crippen LogP contribution is -2.42. The largest absolute Gasteiger partial charge is 0.481 e. The fourth-order valence-electron chi connectivity index (χ4n) is 3.91. The first kappa shape index (κ1) is 15.0. The van der Waals surface area contributed by atoms with Crippen molar-refractivity contribution < 1.29 is 9.90 Å². The van der Waals surface area contributed by atoms with E-state index in [0.717, 1.165) is 19.4 Å². The molecular weight excluding hydrogens is 284 g/mol. The Hall–Kier alpha value is -0.940. The average Bonchev–Trinajstić information content (AvgIpc) is 2.94. The number of nitrogens with zero attached hydrogens (tertiary/aromatic N) is 2. The van der Waals surface area contributed by atoms with Gasteiger partial charge in [-0.25, -0.2) is 4.98 Å². The van der Waals surface area contributed by atoms with E-state index in [4.69, 9.17) is 10.1 Å². The Morgan fingerprint density at radius 1 is 1.43 bits per heavy atom. The first-order valence-electron chi connectivity index (χ1n) is 7.94. The van der Waals surface area contributed by atoms with Gasteiger partial charge in [-0.2, -0.15) is 0 Å². The second-order valence-corrected chi connectivity index (χ2v) is 7.71. The molecule has 1 aromatic heterocycles. The minimum Gasteiger partial charge on any atom is -0.481 e. The van der Waals surface area contributed by atoms with E-state index in [2.05, 4.69) is 24.1 Å². The van der Waals surface area contributed by atoms with Crippen LogP contribution >= 0.6 is 11.3 Å². The highest BCUT2D eigenvalue weighted by molar-refractivity contribution is 7.09. The molecular formula is C16H24N2O2S. The van der Waals surface area contributed by atoms with Crippen LogP contribution in [0.15, 0.2) is 5.38 Å². The van der Waals surface area contributed by atoms with E-state index in [0.29, 0.717) is 30.3 Å². The molecule has 2 aliphatic rings. The molecule has 116 valence electrons. The maximum absolute atomic E-state index is 10.9. The summed E-state index contributed by atoms with van der Waals surface area (Å²) in [5.41, 5.74) is 1.19. The summed E-state index contributed by atoms with van der Waals surface area (Å²) in [4.78, 5) is 18.2. The van der Waals surface area contributed by atoms with Crippen LogP contribution in [0.5, 0.6) is 0 Å². The molecule has 2 atom stereocenters. The molecule has 0 saturated carbocycles. The minimum absolute atomic E-state index is 0.342. The summed E-state index contributed by atoms with van der Waals surface area (Å²) in [6.07, 6.45) is 4.88. The fourth-order valence-corrected chi connectivity index (χ4v) is 4.73. The number of fused-ring (bicyclic) bond motifs is 2. The lowest BCUT2D eigenvalue weighted by molar-refractivity contribution is -0.138. The number of hydrogen-bond acceptors (Lipinski definition) is 4. The van der Waals surface area contributed by atoms with Crippen molar-refractivity contribution in [2.24, 2.45) is 5.92 Å². The van der Waals surface area contributed by atoms with Gasteiger partial charge in [0.05, 0.1) is 10.7 Å². The highest BCUT2D eigenvalue weighted by Gasteiger charge is 2.41. The first-order valence-corrected chi connectivity index (χ1v) is 8.82. The van der Waals surface area contributed by atoms with Crippen molar-refractivity contribution in [1.29, 1.82) is 0 Å². The van der Waals surface area contributed by atoms with E-state index in [1.807, 2.05) is 0 Å². The number of carbonyl (C=O) groups is 1. The standard InChI is InChI=1S/C16H24N2O2S/c1-10(2)16-17-12(9-21-16)8-18-13-3-4-14(18)6-11(5-13)7-15(19)20/h9-11,13-14H,3-8H2,1-2H3,(H,19,20). The summed E-state index contributed by atoms with van der Waals surface area (Å²) in [5, 5.41) is 12.4. The molecule has 0 amide bonds. The lowest BCUT2D eigenvalue weighted by Gasteiger charge is -2.38. The summed E-state index contributed by atoms with van der Waals surface area (Å²) < 4.78 is 0. The Bertz CT molecular complexity index is 500. The van der Waals surface area contributed by atoms with Gasteiger partial charge in [0.1, 0.15) is 0 Å². The van der Waals surface area contributed by atoms with Gasteiger partial charge in [-0.15, -0.1) is 11.3 Å². The summed E-state index contributed by atoms with van der Waals surface area (Å²) in [6, 6.07) is 1.13. The predicted molar refractivity (Wildman–Crippen MR) is 83.5 cm³/mol. The molecule has 0 aromatic carbocycles. The highest BCUT2D eigenvalue weighted by Crippen LogP contribution is 2.40. The zero-order valence-corrected chi connectivity index (χ0v) is 13.6. The van der Waals surface area contributed by atoms with Gasteiger partial charge in [0.15, 0.2) is 0 Å². The Kier molecular flexibility index (Phi) is 4.31. The Labute approximate surface area is 130 Å². The Morgan fingerprint density at radius 3 is 2.62 bits per heavy atom. The van der Waals surface area contributed by atoms with Gasteiger partial charge in [-0.3, -0.25) is 9.69 Å². The Balaban J connectivity index is 1.63. The molecule has 0 aliphatic carbocycles. The van der Waals surface area contributed by atoms with Gasteiger partial charge in [-0.1, -0.05) is 13.8 Å². The van der Waals surface area contributed by atoms with E-state index >= 15 is 0 Å². The first-order chi connectivity index (χ1) is 10.0. The van der Waals surface area contributed by atoms with Crippen LogP contribution in [0.3, 0.4) is 0 Å². The molecule has 1 aromatic rings. The van der Waals surface area contributed by atoms with Crippen LogP contribution in [0, 0.1) is 5.92 Å². The summed E-state index contributed by atoms with van der Waals surface area (Å²) >= 11 is 1.76. The van der Waals surface area contributed by atoms with Crippen LogP contribution < -0.4 is 0 Å². The summed E-state index contributed by atoms with van der Waals surface area (Å²) in [5.74, 6) is 0.230. The monoisotopic (exact) mass is 308 g/mol. The number of hydrogen-bond donors (Lipinski definition) is 1. The van der Waals surface area contributed by atoms with E-state index in [9.17, 15) is 4.79 Å². The fraction of sp³-hybridized carbons (Fsp3) is 0.750. The molecule has 2 aliphatic heterocycles. The van der Waals surface area contributed by atoms with E-state index in [-0.39, 0.29) is 0 Å². The smallest absolute Gasteiger partial charge is 0.303 e. The third kappa shape index (κ3) is 3.29. The molecule has 2 saturated heterocycles. The predicted octanol–water partition coefficient (Wildman–Crippen LogP) is 3.48. The third-order valence-corrected chi connectivity index (χ3v) is 6.05. The van der Waals surface area contributed by atoms with Crippen molar-refractivity contribution in [3.8, 4) is 0 Å². The zero-order valence-electron chi connectivity index (χ0n) is 12.8. The number of piperidine rings is 1. The number of carboxylic acid groups (broad SMARTS) is 1. The maximum atomic E-state index is 10.9. The van der Waals surface area contributed by atoms with Gasteiger partial charge in [0.2, 0.25) is 0 Å². The second kappa shape index (κ2) is 6.05. The summed E-state index contributed by atoms with van der Waals surface area (Å²) in [7, 11) is 0. The van der Waals surface area contributed by atoms with Crippen molar-refractivity contribution >= 4 is 17.3 Å². The molecule has 2 fully saturated rings. The molecule has 21 heavy (non-hydrogen) atoms. The molecule has 0 spiro atoms. The van der Waals surface area contributed by atoms with Crippen LogP contribution in [-0.2, 0) is 11.3 Å². The van der Waals surface area contributed by atoms with Crippen molar-refractivity contribution in [3.05, 3.63) is 16.1 Å². The Morgan fingerprint density at radius 2 is 2.10 bits per heavy atom. The molecule has 2 unspecified atom stereocenters. The quantitative estimate of drug-likeness (QED) is 0.904. The SMILES string of the molecule is CC(C)c1nc(CN2C3CCC2CC(CC(=O)O)C3)cs1. The van der Waals surface area contributed by atoms with E-state index in [1.165, 1.54) is 23.5 Å². The summed E-state index contributed by atoms with van der Waals surface area (Å²) in [6.45, 7) is 5.31. The number of thiazole rings is 1. The van der Waals surface area contributed by atoms with Gasteiger partial charge < -0.3 is 5.11 Å². The van der Waals surface area contributed by atoms with Crippen LogP contribution in [0.25, 0.3) is 0 Å². The number of aliphatic carboxylic acids is 1. The zero-order chi connectivity index (χ0) is 15.0. The van der Waals surface area contributed by atoms with Crippen molar-refractivity contribution in [1.82, 2.24) is 9.88 Å². The number of aromatic nitrogens is 1. The third-order valence-electron chi connectivity index (χ3n) is 4.85. The second-order valence-electron chi connectivity index (χ2n) is 6.82. The topological polar surface area (TPSA) is 53.4 Å². The normalized spacial score (nSPS) is 29.2. The van der Waals surface area contributed by atoms with Crippen LogP contribution in [0.2, 0.25) is 0 Å². The van der Waals surface area contributed by atoms with Crippen molar-refractivity contribution in [2.45, 2.75) is 70.5 Å². The molecule has 0 radical (unpaired) electrons. The van der Waals surface area contributed by atoms with E-state index in [1.54, 1.807) is 11.3 Å². The van der Waals surface area contributed by atoms with E-state index < -0.39 is 5.97 Å². The minimum atomic E-state index is -0.645. The van der Waals surface area contributed by atoms with Crippen LogP contribution in [0.1, 0.15) is 62.6 Å². The maximum Gasteiger partial charge on any atom is 0.303 e. The molecule has 5 heteroatoms. The molecule has 3 rings (SSSR count).